The molecule has 2 amide bonds. The van der Waals surface area contributed by atoms with E-state index in [1.165, 1.54) is 25.4 Å². The molecule has 7 nitrogen and oxygen atoms in total. The Kier molecular flexibility index (Phi) is 6.43. The lowest BCUT2D eigenvalue weighted by Crippen LogP contribution is -2.30. The summed E-state index contributed by atoms with van der Waals surface area (Å²) in [6.07, 6.45) is 1.43. The zero-order chi connectivity index (χ0) is 19.1. The minimum atomic E-state index is -0.494. The highest BCUT2D eigenvalue weighted by molar-refractivity contribution is 6.05. The Morgan fingerprint density at radius 2 is 1.81 bits per heavy atom. The van der Waals surface area contributed by atoms with Gasteiger partial charge >= 0.3 is 5.97 Å². The van der Waals surface area contributed by atoms with Crippen LogP contribution in [0.15, 0.2) is 42.6 Å². The molecule has 0 atom stereocenters. The molecule has 1 heterocycles. The van der Waals surface area contributed by atoms with Gasteiger partial charge in [0, 0.05) is 30.5 Å². The Morgan fingerprint density at radius 1 is 1.08 bits per heavy atom. The van der Waals surface area contributed by atoms with Crippen LogP contribution in [0.3, 0.4) is 0 Å². The number of aromatic nitrogens is 1. The van der Waals surface area contributed by atoms with Gasteiger partial charge in [0.1, 0.15) is 5.69 Å². The molecule has 1 N–H and O–H groups in total. The second kappa shape index (κ2) is 8.75. The molecule has 0 unspecified atom stereocenters. The number of hydrogen-bond donors (Lipinski definition) is 1. The molecule has 1 aromatic carbocycles. The number of hydrogen-bond acceptors (Lipinski definition) is 5. The molecule has 0 bridgehead atoms. The van der Waals surface area contributed by atoms with E-state index in [2.05, 4.69) is 15.0 Å². The smallest absolute Gasteiger partial charge is 0.337 e. The van der Waals surface area contributed by atoms with Gasteiger partial charge in [-0.2, -0.15) is 0 Å². The maximum Gasteiger partial charge on any atom is 0.337 e. The van der Waals surface area contributed by atoms with Crippen LogP contribution in [0, 0.1) is 0 Å². The highest BCUT2D eigenvalue weighted by Crippen LogP contribution is 2.13. The summed E-state index contributed by atoms with van der Waals surface area (Å²) in [5, 5.41) is 2.67. The molecule has 0 aliphatic heterocycles. The van der Waals surface area contributed by atoms with Crippen molar-refractivity contribution in [2.45, 2.75) is 13.8 Å². The topological polar surface area (TPSA) is 88.6 Å². The van der Waals surface area contributed by atoms with Crippen molar-refractivity contribution in [2.24, 2.45) is 0 Å². The third-order valence-electron chi connectivity index (χ3n) is 3.83. The van der Waals surface area contributed by atoms with Crippen LogP contribution >= 0.6 is 0 Å². The predicted octanol–water partition coefficient (Wildman–Crippen LogP) is 2.60. The molecule has 0 aliphatic carbocycles. The first kappa shape index (κ1) is 19.1. The molecule has 0 fully saturated rings. The molecule has 0 saturated carbocycles. The van der Waals surface area contributed by atoms with Gasteiger partial charge in [0.2, 0.25) is 0 Å². The number of benzene rings is 1. The number of methoxy groups -OCH3 is 1. The Hall–Kier alpha value is -3.22. The average molecular weight is 355 g/mol. The van der Waals surface area contributed by atoms with Gasteiger partial charge in [0.05, 0.1) is 12.7 Å². The standard InChI is InChI=1S/C19H21N3O4/c1-4-22(5-2)18(24)13-9-10-20-16(12-13)17(23)21-15-8-6-7-14(11-15)19(25)26-3/h6-12H,4-5H2,1-3H3,(H,21,23). The molecule has 0 aliphatic rings. The fourth-order valence-electron chi connectivity index (χ4n) is 2.42. The van der Waals surface area contributed by atoms with Crippen molar-refractivity contribution in [3.05, 3.63) is 59.4 Å². The normalized spacial score (nSPS) is 10.1. The number of carbonyl (C=O) groups excluding carboxylic acids is 3. The first-order valence-electron chi connectivity index (χ1n) is 8.25. The molecule has 7 heteroatoms. The van der Waals surface area contributed by atoms with E-state index >= 15 is 0 Å². The van der Waals surface area contributed by atoms with E-state index < -0.39 is 11.9 Å². The van der Waals surface area contributed by atoms with E-state index in [0.29, 0.717) is 29.9 Å². The number of esters is 1. The van der Waals surface area contributed by atoms with Crippen molar-refractivity contribution in [1.29, 1.82) is 0 Å². The van der Waals surface area contributed by atoms with E-state index in [1.54, 1.807) is 29.2 Å². The summed E-state index contributed by atoms with van der Waals surface area (Å²) >= 11 is 0. The quantitative estimate of drug-likeness (QED) is 0.805. The van der Waals surface area contributed by atoms with Crippen LogP contribution in [0.2, 0.25) is 0 Å². The number of ether oxygens (including phenoxy) is 1. The van der Waals surface area contributed by atoms with Crippen molar-refractivity contribution in [2.75, 3.05) is 25.5 Å². The summed E-state index contributed by atoms with van der Waals surface area (Å²) in [5.74, 6) is -1.12. The highest BCUT2D eigenvalue weighted by atomic mass is 16.5. The van der Waals surface area contributed by atoms with Crippen LogP contribution in [0.25, 0.3) is 0 Å². The zero-order valence-corrected chi connectivity index (χ0v) is 15.0. The molecule has 136 valence electrons. The number of nitrogens with one attached hydrogen (secondary N) is 1. The Bertz CT molecular complexity index is 816. The number of amides is 2. The first-order chi connectivity index (χ1) is 12.5. The second-order valence-corrected chi connectivity index (χ2v) is 5.43. The fourth-order valence-corrected chi connectivity index (χ4v) is 2.42. The summed E-state index contributed by atoms with van der Waals surface area (Å²) in [7, 11) is 1.29. The first-order valence-corrected chi connectivity index (χ1v) is 8.25. The molecule has 0 saturated heterocycles. The van der Waals surface area contributed by atoms with Gasteiger partial charge < -0.3 is 15.0 Å². The third kappa shape index (κ3) is 4.44. The van der Waals surface area contributed by atoms with Gasteiger partial charge in [0.15, 0.2) is 0 Å². The third-order valence-corrected chi connectivity index (χ3v) is 3.83. The van der Waals surface area contributed by atoms with Crippen LogP contribution in [0.1, 0.15) is 45.1 Å². The summed E-state index contributed by atoms with van der Waals surface area (Å²) in [5.41, 5.74) is 1.27. The molecule has 0 radical (unpaired) electrons. The summed E-state index contributed by atoms with van der Waals surface area (Å²) in [6.45, 7) is 4.95. The van der Waals surface area contributed by atoms with Gasteiger partial charge in [-0.1, -0.05) is 6.07 Å². The van der Waals surface area contributed by atoms with E-state index in [0.717, 1.165) is 0 Å². The largest absolute Gasteiger partial charge is 0.465 e. The lowest BCUT2D eigenvalue weighted by molar-refractivity contribution is 0.0600. The highest BCUT2D eigenvalue weighted by Gasteiger charge is 2.16. The lowest BCUT2D eigenvalue weighted by Gasteiger charge is -2.18. The number of carbonyl (C=O) groups is 3. The minimum Gasteiger partial charge on any atom is -0.465 e. The van der Waals surface area contributed by atoms with E-state index in [1.807, 2.05) is 13.8 Å². The SMILES string of the molecule is CCN(CC)C(=O)c1ccnc(C(=O)Nc2cccc(C(=O)OC)c2)c1. The van der Waals surface area contributed by atoms with E-state index in [4.69, 9.17) is 0 Å². The fraction of sp³-hybridized carbons (Fsp3) is 0.263. The Morgan fingerprint density at radius 3 is 2.46 bits per heavy atom. The Balaban J connectivity index is 2.19. The van der Waals surface area contributed by atoms with Gasteiger partial charge in [-0.25, -0.2) is 4.79 Å². The summed E-state index contributed by atoms with van der Waals surface area (Å²) in [4.78, 5) is 42.1. The second-order valence-electron chi connectivity index (χ2n) is 5.43. The zero-order valence-electron chi connectivity index (χ0n) is 15.0. The van der Waals surface area contributed by atoms with E-state index in [9.17, 15) is 14.4 Å². The number of anilines is 1. The Labute approximate surface area is 152 Å². The van der Waals surface area contributed by atoms with Crippen LogP contribution in [0.4, 0.5) is 5.69 Å². The molecular weight excluding hydrogens is 334 g/mol. The predicted molar refractivity (Wildman–Crippen MR) is 97.2 cm³/mol. The van der Waals surface area contributed by atoms with Crippen molar-refractivity contribution >= 4 is 23.5 Å². The monoisotopic (exact) mass is 355 g/mol. The maximum absolute atomic E-state index is 12.4. The number of rotatable bonds is 6. The maximum atomic E-state index is 12.4. The van der Waals surface area contributed by atoms with Gasteiger partial charge in [-0.15, -0.1) is 0 Å². The molecule has 2 rings (SSSR count). The van der Waals surface area contributed by atoms with Crippen molar-refractivity contribution < 1.29 is 19.1 Å². The molecule has 26 heavy (non-hydrogen) atoms. The lowest BCUT2D eigenvalue weighted by atomic mass is 10.1. The number of pyridine rings is 1. The van der Waals surface area contributed by atoms with Crippen molar-refractivity contribution in [3.63, 3.8) is 0 Å². The summed E-state index contributed by atoms with van der Waals surface area (Å²) < 4.78 is 4.66. The van der Waals surface area contributed by atoms with Crippen LogP contribution < -0.4 is 5.32 Å². The van der Waals surface area contributed by atoms with Gasteiger partial charge in [0.25, 0.3) is 11.8 Å². The van der Waals surface area contributed by atoms with Gasteiger partial charge in [-0.05, 0) is 44.2 Å². The molecule has 0 spiro atoms. The molecule has 2 aromatic rings. The van der Waals surface area contributed by atoms with E-state index in [-0.39, 0.29) is 11.6 Å². The summed E-state index contributed by atoms with van der Waals surface area (Å²) in [6, 6.07) is 9.41. The molecular formula is C19H21N3O4. The minimum absolute atomic E-state index is 0.117. The van der Waals surface area contributed by atoms with Crippen LogP contribution in [-0.2, 0) is 4.74 Å². The van der Waals surface area contributed by atoms with Gasteiger partial charge in [-0.3, -0.25) is 14.6 Å². The van der Waals surface area contributed by atoms with Crippen LogP contribution in [0.5, 0.6) is 0 Å². The van der Waals surface area contributed by atoms with Crippen molar-refractivity contribution in [1.82, 2.24) is 9.88 Å². The van der Waals surface area contributed by atoms with Crippen molar-refractivity contribution in [3.8, 4) is 0 Å². The number of nitrogens with zero attached hydrogens (tertiary/aromatic N) is 2. The molecule has 1 aromatic heterocycles. The average Bonchev–Trinajstić information content (AvgIpc) is 2.68. The van der Waals surface area contributed by atoms with Crippen LogP contribution in [-0.4, -0.2) is 47.9 Å².